The van der Waals surface area contributed by atoms with Crippen molar-refractivity contribution in [2.75, 3.05) is 20.1 Å². The zero-order valence-corrected chi connectivity index (χ0v) is 15.0. The number of hydrogen-bond donors (Lipinski definition) is 2. The normalized spacial score (nSPS) is 16.0. The molecule has 7 heteroatoms. The smallest absolute Gasteiger partial charge is 0.320 e. The third kappa shape index (κ3) is 6.22. The van der Waals surface area contributed by atoms with Crippen LogP contribution in [0.4, 0.5) is 17.6 Å². The van der Waals surface area contributed by atoms with Crippen LogP contribution in [0.3, 0.4) is 0 Å². The average molecular weight is 369 g/mol. The second-order valence-electron chi connectivity index (χ2n) is 6.36. The van der Waals surface area contributed by atoms with Crippen molar-refractivity contribution in [2.24, 2.45) is 0 Å². The van der Waals surface area contributed by atoms with Gasteiger partial charge in [0.2, 0.25) is 0 Å². The number of benzene rings is 1. The van der Waals surface area contributed by atoms with E-state index in [9.17, 15) is 17.6 Å². The molecule has 1 rings (SSSR count). The summed E-state index contributed by atoms with van der Waals surface area (Å²) >= 11 is 5.73. The van der Waals surface area contributed by atoms with Crippen molar-refractivity contribution in [3.05, 3.63) is 34.6 Å². The Labute approximate surface area is 146 Å². The molecule has 0 bridgehead atoms. The van der Waals surface area contributed by atoms with E-state index in [0.29, 0.717) is 6.42 Å². The van der Waals surface area contributed by atoms with Crippen molar-refractivity contribution in [1.82, 2.24) is 10.6 Å². The highest BCUT2D eigenvalue weighted by Crippen LogP contribution is 2.34. The quantitative estimate of drug-likeness (QED) is 0.489. The van der Waals surface area contributed by atoms with Crippen LogP contribution in [0.15, 0.2) is 18.2 Å². The summed E-state index contributed by atoms with van der Waals surface area (Å²) in [6, 6.07) is 3.06. The van der Waals surface area contributed by atoms with Gasteiger partial charge in [-0.05, 0) is 69.4 Å². The van der Waals surface area contributed by atoms with E-state index in [1.807, 2.05) is 14.0 Å². The highest BCUT2D eigenvalue weighted by Gasteiger charge is 2.36. The molecule has 138 valence electrons. The largest absolute Gasteiger partial charge is 0.403 e. The van der Waals surface area contributed by atoms with Crippen molar-refractivity contribution < 1.29 is 17.6 Å². The topological polar surface area (TPSA) is 24.1 Å². The van der Waals surface area contributed by atoms with E-state index in [1.165, 1.54) is 12.1 Å². The number of halogens is 5. The van der Waals surface area contributed by atoms with Crippen molar-refractivity contribution >= 4 is 11.6 Å². The van der Waals surface area contributed by atoms with E-state index >= 15 is 0 Å². The number of hydrogen-bond acceptors (Lipinski definition) is 2. The summed E-state index contributed by atoms with van der Waals surface area (Å²) in [7, 11) is 1.84. The lowest BCUT2D eigenvalue weighted by Crippen LogP contribution is -2.41. The van der Waals surface area contributed by atoms with Gasteiger partial charge in [-0.15, -0.1) is 0 Å². The van der Waals surface area contributed by atoms with Crippen LogP contribution in [-0.2, 0) is 5.41 Å². The number of nitrogens with one attached hydrogen (secondary N) is 2. The van der Waals surface area contributed by atoms with E-state index in [2.05, 4.69) is 10.6 Å². The molecule has 0 radical (unpaired) electrons. The van der Waals surface area contributed by atoms with E-state index < -0.39 is 23.5 Å². The van der Waals surface area contributed by atoms with Gasteiger partial charge in [0.15, 0.2) is 0 Å². The average Bonchev–Trinajstić information content (AvgIpc) is 2.49. The molecule has 0 spiro atoms. The van der Waals surface area contributed by atoms with Crippen LogP contribution >= 0.6 is 11.6 Å². The molecule has 1 aromatic carbocycles. The van der Waals surface area contributed by atoms with Crippen LogP contribution in [0.25, 0.3) is 0 Å². The monoisotopic (exact) mass is 368 g/mol. The predicted octanol–water partition coefficient (Wildman–Crippen LogP) is 4.67. The van der Waals surface area contributed by atoms with E-state index in [0.717, 1.165) is 31.9 Å². The zero-order chi connectivity index (χ0) is 18.4. The van der Waals surface area contributed by atoms with Crippen LogP contribution in [-0.4, -0.2) is 32.4 Å². The standard InChI is InChI=1S/C17H25ClF4N2/c1-12(17(20,21)22)24-10-8-16(2,7-4-9-23-3)13-5-6-14(18)15(19)11-13/h5-6,11-12,23-24H,4,7-10H2,1-3H3/t12-,16+/m1/s1. The Balaban J connectivity index is 2.83. The summed E-state index contributed by atoms with van der Waals surface area (Å²) in [5, 5.41) is 5.59. The van der Waals surface area contributed by atoms with Gasteiger partial charge in [-0.25, -0.2) is 4.39 Å². The zero-order valence-electron chi connectivity index (χ0n) is 14.2. The number of rotatable bonds is 9. The van der Waals surface area contributed by atoms with E-state index in [4.69, 9.17) is 11.6 Å². The molecular formula is C17H25ClF4N2. The molecule has 1 aromatic rings. The first-order chi connectivity index (χ1) is 11.1. The van der Waals surface area contributed by atoms with Gasteiger partial charge >= 0.3 is 6.18 Å². The Morgan fingerprint density at radius 1 is 1.17 bits per heavy atom. The fraction of sp³-hybridized carbons (Fsp3) is 0.647. The SMILES string of the molecule is CNCCC[C@@](C)(CCN[C@H](C)C(F)(F)F)c1ccc(Cl)c(F)c1. The molecule has 0 amide bonds. The molecule has 0 saturated carbocycles. The Morgan fingerprint density at radius 3 is 2.38 bits per heavy atom. The predicted molar refractivity (Wildman–Crippen MR) is 90.1 cm³/mol. The molecule has 0 aliphatic heterocycles. The summed E-state index contributed by atoms with van der Waals surface area (Å²) in [5.74, 6) is -0.509. The molecule has 0 aliphatic carbocycles. The maximum atomic E-state index is 13.8. The first-order valence-electron chi connectivity index (χ1n) is 8.00. The minimum absolute atomic E-state index is 0.0418. The summed E-state index contributed by atoms with van der Waals surface area (Å²) < 4.78 is 51.6. The van der Waals surface area contributed by atoms with Crippen LogP contribution in [0.1, 0.15) is 38.7 Å². The molecule has 2 nitrogen and oxygen atoms in total. The van der Waals surface area contributed by atoms with Crippen LogP contribution < -0.4 is 10.6 Å². The first-order valence-corrected chi connectivity index (χ1v) is 8.38. The Morgan fingerprint density at radius 2 is 1.83 bits per heavy atom. The summed E-state index contributed by atoms with van der Waals surface area (Å²) in [4.78, 5) is 0. The van der Waals surface area contributed by atoms with Crippen LogP contribution in [0.2, 0.25) is 5.02 Å². The molecule has 0 saturated heterocycles. The van der Waals surface area contributed by atoms with Crippen molar-refractivity contribution in [3.8, 4) is 0 Å². The minimum atomic E-state index is -4.27. The first kappa shape index (κ1) is 21.2. The molecule has 0 aliphatic rings. The molecular weight excluding hydrogens is 344 g/mol. The van der Waals surface area contributed by atoms with Gasteiger partial charge in [0.25, 0.3) is 0 Å². The van der Waals surface area contributed by atoms with Crippen LogP contribution in [0.5, 0.6) is 0 Å². The fourth-order valence-corrected chi connectivity index (χ4v) is 2.74. The van der Waals surface area contributed by atoms with Gasteiger partial charge in [0.05, 0.1) is 5.02 Å². The molecule has 24 heavy (non-hydrogen) atoms. The molecule has 0 fully saturated rings. The summed E-state index contributed by atoms with van der Waals surface area (Å²) in [5.41, 5.74) is 0.322. The Kier molecular flexibility index (Phi) is 7.96. The van der Waals surface area contributed by atoms with E-state index in [1.54, 1.807) is 6.07 Å². The van der Waals surface area contributed by atoms with Crippen molar-refractivity contribution in [3.63, 3.8) is 0 Å². The number of alkyl halides is 3. The highest BCUT2D eigenvalue weighted by molar-refractivity contribution is 6.30. The Hall–Kier alpha value is -0.850. The molecule has 0 aromatic heterocycles. The molecule has 0 heterocycles. The van der Waals surface area contributed by atoms with E-state index in [-0.39, 0.29) is 11.6 Å². The molecule has 2 atom stereocenters. The maximum Gasteiger partial charge on any atom is 0.403 e. The lowest BCUT2D eigenvalue weighted by Gasteiger charge is -2.31. The lowest BCUT2D eigenvalue weighted by atomic mass is 9.75. The van der Waals surface area contributed by atoms with Gasteiger partial charge in [-0.1, -0.05) is 24.6 Å². The minimum Gasteiger partial charge on any atom is -0.320 e. The highest BCUT2D eigenvalue weighted by atomic mass is 35.5. The van der Waals surface area contributed by atoms with Crippen molar-refractivity contribution in [2.45, 2.75) is 50.7 Å². The van der Waals surface area contributed by atoms with Gasteiger partial charge in [-0.2, -0.15) is 13.2 Å². The maximum absolute atomic E-state index is 13.8. The molecule has 2 N–H and O–H groups in total. The Bertz CT molecular complexity index is 522. The van der Waals surface area contributed by atoms with Crippen LogP contribution in [0, 0.1) is 5.82 Å². The lowest BCUT2D eigenvalue weighted by molar-refractivity contribution is -0.151. The third-order valence-corrected chi connectivity index (χ3v) is 4.70. The molecule has 0 unspecified atom stereocenters. The van der Waals surface area contributed by atoms with Gasteiger partial charge in [0, 0.05) is 0 Å². The second kappa shape index (κ2) is 9.02. The van der Waals surface area contributed by atoms with Gasteiger partial charge < -0.3 is 10.6 Å². The summed E-state index contributed by atoms with van der Waals surface area (Å²) in [6.07, 6.45) is -2.23. The second-order valence-corrected chi connectivity index (χ2v) is 6.77. The summed E-state index contributed by atoms with van der Waals surface area (Å²) in [6.45, 7) is 4.03. The fourth-order valence-electron chi connectivity index (χ4n) is 2.62. The van der Waals surface area contributed by atoms with Crippen molar-refractivity contribution in [1.29, 1.82) is 0 Å². The van der Waals surface area contributed by atoms with Gasteiger partial charge in [-0.3, -0.25) is 0 Å². The van der Waals surface area contributed by atoms with Gasteiger partial charge in [0.1, 0.15) is 11.9 Å². The third-order valence-electron chi connectivity index (χ3n) is 4.39.